The van der Waals surface area contributed by atoms with Gasteiger partial charge in [-0.15, -0.1) is 0 Å². The van der Waals surface area contributed by atoms with E-state index in [4.69, 9.17) is 4.74 Å². The second-order valence-electron chi connectivity index (χ2n) is 5.69. The van der Waals surface area contributed by atoms with Crippen molar-refractivity contribution in [3.63, 3.8) is 0 Å². The molecule has 0 amide bonds. The zero-order valence-corrected chi connectivity index (χ0v) is 11.8. The Morgan fingerprint density at radius 1 is 1.44 bits per heavy atom. The van der Waals surface area contributed by atoms with Gasteiger partial charge in [-0.3, -0.25) is 0 Å². The van der Waals surface area contributed by atoms with Crippen LogP contribution in [0.4, 0.5) is 5.95 Å². The fourth-order valence-corrected chi connectivity index (χ4v) is 2.41. The molecule has 0 unspecified atom stereocenters. The number of aromatic nitrogens is 2. The Labute approximate surface area is 110 Å². The van der Waals surface area contributed by atoms with Crippen molar-refractivity contribution in [3.05, 3.63) is 11.9 Å². The molecule has 0 atom stereocenters. The van der Waals surface area contributed by atoms with Crippen LogP contribution in [-0.4, -0.2) is 29.3 Å². The molecule has 1 aliphatic rings. The van der Waals surface area contributed by atoms with E-state index in [9.17, 15) is 0 Å². The van der Waals surface area contributed by atoms with E-state index in [1.165, 1.54) is 0 Å². The SMILES string of the molecule is Cc1cn(CC(C)C)c(NCC2CCOCC2)n1. The Hall–Kier alpha value is -1.03. The molecule has 1 saturated heterocycles. The minimum atomic E-state index is 0.641. The van der Waals surface area contributed by atoms with Crippen molar-refractivity contribution in [1.29, 1.82) is 0 Å². The van der Waals surface area contributed by atoms with Gasteiger partial charge >= 0.3 is 0 Å². The van der Waals surface area contributed by atoms with Crippen LogP contribution in [0.25, 0.3) is 0 Å². The van der Waals surface area contributed by atoms with Crippen LogP contribution in [0, 0.1) is 18.8 Å². The molecule has 4 nitrogen and oxygen atoms in total. The zero-order valence-electron chi connectivity index (χ0n) is 11.8. The number of aryl methyl sites for hydroxylation is 1. The van der Waals surface area contributed by atoms with Gasteiger partial charge < -0.3 is 14.6 Å². The predicted octanol–water partition coefficient (Wildman–Crippen LogP) is 2.69. The molecule has 0 radical (unpaired) electrons. The van der Waals surface area contributed by atoms with E-state index in [0.29, 0.717) is 5.92 Å². The van der Waals surface area contributed by atoms with E-state index in [1.54, 1.807) is 0 Å². The van der Waals surface area contributed by atoms with E-state index in [2.05, 4.69) is 41.8 Å². The molecule has 0 spiro atoms. The van der Waals surface area contributed by atoms with E-state index >= 15 is 0 Å². The molecule has 0 saturated carbocycles. The minimum Gasteiger partial charge on any atom is -0.381 e. The average molecular weight is 251 g/mol. The summed E-state index contributed by atoms with van der Waals surface area (Å²) < 4.78 is 7.62. The van der Waals surface area contributed by atoms with Gasteiger partial charge in [0, 0.05) is 32.5 Å². The quantitative estimate of drug-likeness (QED) is 0.874. The highest BCUT2D eigenvalue weighted by Gasteiger charge is 2.15. The van der Waals surface area contributed by atoms with Crippen molar-refractivity contribution in [2.24, 2.45) is 11.8 Å². The molecule has 0 aliphatic carbocycles. The second kappa shape index (κ2) is 6.23. The standard InChI is InChI=1S/C14H25N3O/c1-11(2)9-17-10-12(3)16-14(17)15-8-13-4-6-18-7-5-13/h10-11,13H,4-9H2,1-3H3,(H,15,16). The van der Waals surface area contributed by atoms with Crippen LogP contribution in [0.15, 0.2) is 6.20 Å². The van der Waals surface area contributed by atoms with Gasteiger partial charge in [0.15, 0.2) is 0 Å². The summed E-state index contributed by atoms with van der Waals surface area (Å²) >= 11 is 0. The van der Waals surface area contributed by atoms with Gasteiger partial charge in [0.25, 0.3) is 0 Å². The van der Waals surface area contributed by atoms with Crippen LogP contribution < -0.4 is 5.32 Å². The van der Waals surface area contributed by atoms with Crippen molar-refractivity contribution in [3.8, 4) is 0 Å². The molecule has 2 heterocycles. The van der Waals surface area contributed by atoms with Gasteiger partial charge in [-0.05, 0) is 31.6 Å². The van der Waals surface area contributed by atoms with Crippen molar-refractivity contribution in [2.75, 3.05) is 25.1 Å². The number of nitrogens with zero attached hydrogens (tertiary/aromatic N) is 2. The third kappa shape index (κ3) is 3.73. The third-order valence-corrected chi connectivity index (χ3v) is 3.35. The molecule has 0 bridgehead atoms. The summed E-state index contributed by atoms with van der Waals surface area (Å²) in [5.74, 6) is 2.39. The smallest absolute Gasteiger partial charge is 0.203 e. The first-order chi connectivity index (χ1) is 8.65. The third-order valence-electron chi connectivity index (χ3n) is 3.35. The maximum atomic E-state index is 5.38. The largest absolute Gasteiger partial charge is 0.381 e. The molecule has 1 aromatic heterocycles. The average Bonchev–Trinajstić information content (AvgIpc) is 2.67. The van der Waals surface area contributed by atoms with E-state index in [-0.39, 0.29) is 0 Å². The Kier molecular flexibility index (Phi) is 4.64. The number of hydrogen-bond donors (Lipinski definition) is 1. The number of imidazole rings is 1. The van der Waals surface area contributed by atoms with Gasteiger partial charge in [-0.1, -0.05) is 13.8 Å². The molecule has 0 aromatic carbocycles. The fourth-order valence-electron chi connectivity index (χ4n) is 2.41. The van der Waals surface area contributed by atoms with Crippen molar-refractivity contribution < 1.29 is 4.74 Å². The van der Waals surface area contributed by atoms with Crippen LogP contribution in [0.2, 0.25) is 0 Å². The summed E-state index contributed by atoms with van der Waals surface area (Å²) in [6.07, 6.45) is 4.46. The van der Waals surface area contributed by atoms with E-state index < -0.39 is 0 Å². The van der Waals surface area contributed by atoms with Crippen molar-refractivity contribution in [2.45, 2.75) is 40.2 Å². The topological polar surface area (TPSA) is 39.1 Å². The lowest BCUT2D eigenvalue weighted by atomic mass is 10.0. The van der Waals surface area contributed by atoms with Crippen LogP contribution in [0.3, 0.4) is 0 Å². The lowest BCUT2D eigenvalue weighted by Crippen LogP contribution is -2.24. The first kappa shape index (κ1) is 13.4. The summed E-state index contributed by atoms with van der Waals surface area (Å²) in [6.45, 7) is 10.4. The molecule has 1 fully saturated rings. The van der Waals surface area contributed by atoms with Crippen LogP contribution in [0.5, 0.6) is 0 Å². The predicted molar refractivity (Wildman–Crippen MR) is 73.8 cm³/mol. The highest BCUT2D eigenvalue weighted by molar-refractivity contribution is 5.28. The number of ether oxygens (including phenoxy) is 1. The highest BCUT2D eigenvalue weighted by atomic mass is 16.5. The minimum absolute atomic E-state index is 0.641. The van der Waals surface area contributed by atoms with Gasteiger partial charge in [0.1, 0.15) is 0 Å². The summed E-state index contributed by atoms with van der Waals surface area (Å²) in [5, 5.41) is 3.51. The molecular weight excluding hydrogens is 226 g/mol. The number of rotatable bonds is 5. The first-order valence-corrected chi connectivity index (χ1v) is 7.00. The van der Waals surface area contributed by atoms with E-state index in [1.807, 2.05) is 0 Å². The van der Waals surface area contributed by atoms with Crippen molar-refractivity contribution in [1.82, 2.24) is 9.55 Å². The van der Waals surface area contributed by atoms with Gasteiger partial charge in [0.05, 0.1) is 5.69 Å². The number of nitrogens with one attached hydrogen (secondary N) is 1. The van der Waals surface area contributed by atoms with Gasteiger partial charge in [-0.25, -0.2) is 4.98 Å². The molecular formula is C14H25N3O. The Bertz CT molecular complexity index is 367. The Morgan fingerprint density at radius 3 is 2.83 bits per heavy atom. The molecule has 1 aromatic rings. The molecule has 2 rings (SSSR count). The number of anilines is 1. The molecule has 1 N–H and O–H groups in total. The summed E-state index contributed by atoms with van der Waals surface area (Å²) in [5.41, 5.74) is 1.09. The number of hydrogen-bond acceptors (Lipinski definition) is 3. The summed E-state index contributed by atoms with van der Waals surface area (Å²) in [7, 11) is 0. The lowest BCUT2D eigenvalue weighted by Gasteiger charge is -2.22. The monoisotopic (exact) mass is 251 g/mol. The molecule has 102 valence electrons. The van der Waals surface area contributed by atoms with Crippen LogP contribution in [0.1, 0.15) is 32.4 Å². The zero-order chi connectivity index (χ0) is 13.0. The van der Waals surface area contributed by atoms with Crippen LogP contribution in [-0.2, 0) is 11.3 Å². The summed E-state index contributed by atoms with van der Waals surface area (Å²) in [4.78, 5) is 4.57. The van der Waals surface area contributed by atoms with E-state index in [0.717, 1.165) is 56.7 Å². The lowest BCUT2D eigenvalue weighted by molar-refractivity contribution is 0.0699. The fraction of sp³-hybridized carbons (Fsp3) is 0.786. The second-order valence-corrected chi connectivity index (χ2v) is 5.69. The first-order valence-electron chi connectivity index (χ1n) is 7.00. The Balaban J connectivity index is 1.91. The molecule has 4 heteroatoms. The van der Waals surface area contributed by atoms with Crippen molar-refractivity contribution >= 4 is 5.95 Å². The maximum absolute atomic E-state index is 5.38. The van der Waals surface area contributed by atoms with Gasteiger partial charge in [0.2, 0.25) is 5.95 Å². The Morgan fingerprint density at radius 2 is 2.17 bits per heavy atom. The molecule has 1 aliphatic heterocycles. The van der Waals surface area contributed by atoms with Gasteiger partial charge in [-0.2, -0.15) is 0 Å². The maximum Gasteiger partial charge on any atom is 0.203 e. The molecule has 18 heavy (non-hydrogen) atoms. The summed E-state index contributed by atoms with van der Waals surface area (Å²) in [6, 6.07) is 0. The highest BCUT2D eigenvalue weighted by Crippen LogP contribution is 2.17. The normalized spacial score (nSPS) is 17.3. The van der Waals surface area contributed by atoms with Crippen LogP contribution >= 0.6 is 0 Å².